The van der Waals surface area contributed by atoms with Gasteiger partial charge in [-0.3, -0.25) is 0 Å². The Kier molecular flexibility index (Phi) is 4.33. The van der Waals surface area contributed by atoms with Gasteiger partial charge in [0, 0.05) is 19.3 Å². The minimum absolute atomic E-state index is 0.856. The van der Waals surface area contributed by atoms with Crippen LogP contribution in [-0.2, 0) is 19.5 Å². The third-order valence-electron chi connectivity index (χ3n) is 2.74. The molecule has 0 aliphatic heterocycles. The Morgan fingerprint density at radius 3 is 2.82 bits per heavy atom. The first kappa shape index (κ1) is 11.9. The molecule has 1 aromatic carbocycles. The van der Waals surface area contributed by atoms with Gasteiger partial charge in [0.05, 0.1) is 12.0 Å². The van der Waals surface area contributed by atoms with E-state index in [1.807, 2.05) is 6.33 Å². The summed E-state index contributed by atoms with van der Waals surface area (Å²) in [6, 6.07) is 10.5. The maximum absolute atomic E-state index is 4.37. The Labute approximate surface area is 103 Å². The maximum atomic E-state index is 4.37. The molecule has 3 heteroatoms. The number of nitrogens with one attached hydrogen (secondary N) is 1. The summed E-state index contributed by atoms with van der Waals surface area (Å²) in [7, 11) is 0. The third kappa shape index (κ3) is 3.71. The fourth-order valence-corrected chi connectivity index (χ4v) is 1.78. The zero-order valence-electron chi connectivity index (χ0n) is 10.3. The summed E-state index contributed by atoms with van der Waals surface area (Å²) in [5.74, 6) is 0. The van der Waals surface area contributed by atoms with Crippen molar-refractivity contribution in [1.82, 2.24) is 14.9 Å². The predicted octanol–water partition coefficient (Wildman–Crippen LogP) is 2.24. The molecule has 0 unspecified atom stereocenters. The molecule has 0 saturated heterocycles. The SMILES string of the molecule is CCNCc1cn(CCc2ccccc2)cn1. The van der Waals surface area contributed by atoms with Gasteiger partial charge in [0.2, 0.25) is 0 Å². The number of imidazole rings is 1. The van der Waals surface area contributed by atoms with Gasteiger partial charge in [0.1, 0.15) is 0 Å². The van der Waals surface area contributed by atoms with Crippen LogP contribution in [0.15, 0.2) is 42.9 Å². The van der Waals surface area contributed by atoms with E-state index in [0.717, 1.165) is 31.7 Å². The average Bonchev–Trinajstić information content (AvgIpc) is 2.83. The molecule has 0 atom stereocenters. The number of hydrogen-bond acceptors (Lipinski definition) is 2. The van der Waals surface area contributed by atoms with Crippen molar-refractivity contribution in [3.05, 3.63) is 54.1 Å². The molecule has 90 valence electrons. The number of benzene rings is 1. The van der Waals surface area contributed by atoms with Crippen LogP contribution in [0.25, 0.3) is 0 Å². The molecule has 0 saturated carbocycles. The summed E-state index contributed by atoms with van der Waals surface area (Å²) in [4.78, 5) is 4.37. The molecule has 2 aromatic rings. The molecular weight excluding hydrogens is 210 g/mol. The number of nitrogens with zero attached hydrogens (tertiary/aromatic N) is 2. The van der Waals surface area contributed by atoms with Crippen LogP contribution >= 0.6 is 0 Å². The Bertz CT molecular complexity index is 434. The topological polar surface area (TPSA) is 29.9 Å². The number of aryl methyl sites for hydroxylation is 2. The monoisotopic (exact) mass is 229 g/mol. The van der Waals surface area contributed by atoms with E-state index in [4.69, 9.17) is 0 Å². The van der Waals surface area contributed by atoms with Crippen LogP contribution in [0.2, 0.25) is 0 Å². The third-order valence-corrected chi connectivity index (χ3v) is 2.74. The summed E-state index contributed by atoms with van der Waals surface area (Å²) in [6.45, 7) is 4.93. The van der Waals surface area contributed by atoms with Crippen LogP contribution in [0.3, 0.4) is 0 Å². The van der Waals surface area contributed by atoms with Crippen LogP contribution < -0.4 is 5.32 Å². The van der Waals surface area contributed by atoms with Gasteiger partial charge in [0.15, 0.2) is 0 Å². The highest BCUT2D eigenvalue weighted by atomic mass is 15.0. The van der Waals surface area contributed by atoms with Gasteiger partial charge in [-0.05, 0) is 18.5 Å². The molecule has 2 rings (SSSR count). The lowest BCUT2D eigenvalue weighted by molar-refractivity contribution is 0.689. The summed E-state index contributed by atoms with van der Waals surface area (Å²) in [5.41, 5.74) is 2.48. The Hall–Kier alpha value is -1.61. The number of rotatable bonds is 6. The molecule has 0 fully saturated rings. The highest BCUT2D eigenvalue weighted by Crippen LogP contribution is 2.03. The molecule has 1 heterocycles. The lowest BCUT2D eigenvalue weighted by Gasteiger charge is -2.02. The van der Waals surface area contributed by atoms with Crippen molar-refractivity contribution in [3.63, 3.8) is 0 Å². The largest absolute Gasteiger partial charge is 0.337 e. The van der Waals surface area contributed by atoms with Crippen molar-refractivity contribution in [2.24, 2.45) is 0 Å². The summed E-state index contributed by atoms with van der Waals surface area (Å²) < 4.78 is 2.15. The van der Waals surface area contributed by atoms with E-state index < -0.39 is 0 Å². The number of hydrogen-bond donors (Lipinski definition) is 1. The Balaban J connectivity index is 1.85. The van der Waals surface area contributed by atoms with Gasteiger partial charge < -0.3 is 9.88 Å². The molecule has 0 amide bonds. The lowest BCUT2D eigenvalue weighted by atomic mass is 10.1. The zero-order chi connectivity index (χ0) is 11.9. The molecule has 17 heavy (non-hydrogen) atoms. The van der Waals surface area contributed by atoms with Gasteiger partial charge in [-0.15, -0.1) is 0 Å². The predicted molar refractivity (Wildman–Crippen MR) is 69.8 cm³/mol. The minimum atomic E-state index is 0.856. The van der Waals surface area contributed by atoms with Gasteiger partial charge in [-0.1, -0.05) is 37.3 Å². The molecule has 1 N–H and O–H groups in total. The van der Waals surface area contributed by atoms with E-state index in [9.17, 15) is 0 Å². The lowest BCUT2D eigenvalue weighted by Crippen LogP contribution is -2.11. The van der Waals surface area contributed by atoms with Crippen molar-refractivity contribution in [2.45, 2.75) is 26.4 Å². The highest BCUT2D eigenvalue weighted by molar-refractivity contribution is 5.14. The van der Waals surface area contributed by atoms with Crippen LogP contribution in [0.4, 0.5) is 0 Å². The van der Waals surface area contributed by atoms with Crippen LogP contribution in [-0.4, -0.2) is 16.1 Å². The normalized spacial score (nSPS) is 10.6. The van der Waals surface area contributed by atoms with Crippen LogP contribution in [0, 0.1) is 0 Å². The second-order valence-corrected chi connectivity index (χ2v) is 4.12. The first-order valence-corrected chi connectivity index (χ1v) is 6.14. The van der Waals surface area contributed by atoms with Crippen LogP contribution in [0.5, 0.6) is 0 Å². The fourth-order valence-electron chi connectivity index (χ4n) is 1.78. The van der Waals surface area contributed by atoms with E-state index in [1.165, 1.54) is 5.56 Å². The molecule has 3 nitrogen and oxygen atoms in total. The Morgan fingerprint density at radius 1 is 1.24 bits per heavy atom. The van der Waals surface area contributed by atoms with Gasteiger partial charge in [-0.2, -0.15) is 0 Å². The molecule has 0 spiro atoms. The van der Waals surface area contributed by atoms with Crippen LogP contribution in [0.1, 0.15) is 18.2 Å². The first-order chi connectivity index (χ1) is 8.38. The average molecular weight is 229 g/mol. The molecule has 0 aliphatic rings. The quantitative estimate of drug-likeness (QED) is 0.823. The summed E-state index contributed by atoms with van der Waals surface area (Å²) in [5, 5.41) is 3.28. The molecular formula is C14H19N3. The molecule has 0 aliphatic carbocycles. The Morgan fingerprint density at radius 2 is 2.06 bits per heavy atom. The first-order valence-electron chi connectivity index (χ1n) is 6.14. The standard InChI is InChI=1S/C14H19N3/c1-2-15-10-14-11-17(12-16-14)9-8-13-6-4-3-5-7-13/h3-7,11-12,15H,2,8-10H2,1H3. The van der Waals surface area contributed by atoms with Gasteiger partial charge in [0.25, 0.3) is 0 Å². The van der Waals surface area contributed by atoms with Crippen molar-refractivity contribution in [1.29, 1.82) is 0 Å². The maximum Gasteiger partial charge on any atom is 0.0950 e. The molecule has 1 aromatic heterocycles. The van der Waals surface area contributed by atoms with E-state index in [2.05, 4.69) is 58.3 Å². The highest BCUT2D eigenvalue weighted by Gasteiger charge is 1.98. The van der Waals surface area contributed by atoms with Crippen molar-refractivity contribution in [3.8, 4) is 0 Å². The van der Waals surface area contributed by atoms with E-state index in [1.54, 1.807) is 0 Å². The summed E-state index contributed by atoms with van der Waals surface area (Å²) in [6.07, 6.45) is 5.08. The smallest absolute Gasteiger partial charge is 0.0950 e. The minimum Gasteiger partial charge on any atom is -0.337 e. The van der Waals surface area contributed by atoms with Crippen molar-refractivity contribution < 1.29 is 0 Å². The summed E-state index contributed by atoms with van der Waals surface area (Å²) >= 11 is 0. The second kappa shape index (κ2) is 6.21. The van der Waals surface area contributed by atoms with Gasteiger partial charge >= 0.3 is 0 Å². The van der Waals surface area contributed by atoms with Crippen molar-refractivity contribution in [2.75, 3.05) is 6.54 Å². The van der Waals surface area contributed by atoms with E-state index in [0.29, 0.717) is 0 Å². The molecule has 0 radical (unpaired) electrons. The van der Waals surface area contributed by atoms with Crippen molar-refractivity contribution >= 4 is 0 Å². The van der Waals surface area contributed by atoms with Gasteiger partial charge in [-0.25, -0.2) is 4.98 Å². The number of aromatic nitrogens is 2. The van der Waals surface area contributed by atoms with E-state index in [-0.39, 0.29) is 0 Å². The van der Waals surface area contributed by atoms with E-state index >= 15 is 0 Å². The fraction of sp³-hybridized carbons (Fsp3) is 0.357. The molecule has 0 bridgehead atoms. The second-order valence-electron chi connectivity index (χ2n) is 4.12. The zero-order valence-corrected chi connectivity index (χ0v) is 10.3.